The molecular weight excluding hydrogens is 291 g/mol. The summed E-state index contributed by atoms with van der Waals surface area (Å²) in [6.45, 7) is 0.491. The Labute approximate surface area is 97.4 Å². The van der Waals surface area contributed by atoms with Crippen LogP contribution in [0, 0.1) is 3.70 Å². The van der Waals surface area contributed by atoms with Crippen molar-refractivity contribution in [2.45, 2.75) is 44.7 Å². The molecule has 1 aromatic rings. The second kappa shape index (κ2) is 4.57. The lowest BCUT2D eigenvalue weighted by Crippen LogP contribution is -2.16. The number of rotatable bonds is 2. The number of nitrogens with two attached hydrogens (primary N) is 1. The summed E-state index contributed by atoms with van der Waals surface area (Å²) in [6, 6.07) is 0.559. The molecule has 5 heteroatoms. The summed E-state index contributed by atoms with van der Waals surface area (Å²) in [5, 5.41) is 8.28. The molecule has 2 rings (SSSR count). The molecule has 1 fully saturated rings. The largest absolute Gasteiger partial charge is 0.325 e. The fourth-order valence-electron chi connectivity index (χ4n) is 2.00. The van der Waals surface area contributed by atoms with Crippen LogP contribution in [0.2, 0.25) is 0 Å². The lowest BCUT2D eigenvalue weighted by Gasteiger charge is -2.21. The minimum Gasteiger partial charge on any atom is -0.325 e. The Morgan fingerprint density at radius 3 is 2.64 bits per heavy atom. The minimum atomic E-state index is 0.491. The van der Waals surface area contributed by atoms with Crippen LogP contribution in [0.1, 0.15) is 43.8 Å². The molecule has 1 saturated carbocycles. The Kier molecular flexibility index (Phi) is 3.38. The lowest BCUT2D eigenvalue weighted by molar-refractivity contribution is 0.319. The normalized spacial score (nSPS) is 18.7. The molecule has 0 saturated heterocycles. The van der Waals surface area contributed by atoms with Crippen LogP contribution in [0.4, 0.5) is 0 Å². The van der Waals surface area contributed by atoms with Crippen molar-refractivity contribution in [1.82, 2.24) is 15.0 Å². The van der Waals surface area contributed by atoms with E-state index in [2.05, 4.69) is 37.6 Å². The smallest absolute Gasteiger partial charge is 0.124 e. The number of hydrogen-bond acceptors (Lipinski definition) is 3. The average Bonchev–Trinajstić information content (AvgIpc) is 2.61. The molecule has 0 spiro atoms. The molecule has 1 heterocycles. The number of halogens is 1. The summed E-state index contributed by atoms with van der Waals surface area (Å²) in [4.78, 5) is 0. The third-order valence-corrected chi connectivity index (χ3v) is 3.93. The lowest BCUT2D eigenvalue weighted by atomic mass is 9.96. The van der Waals surface area contributed by atoms with Gasteiger partial charge in [-0.3, -0.25) is 0 Å². The molecule has 1 aliphatic carbocycles. The zero-order valence-corrected chi connectivity index (χ0v) is 10.3. The van der Waals surface area contributed by atoms with E-state index in [9.17, 15) is 0 Å². The van der Waals surface area contributed by atoms with Gasteiger partial charge in [-0.25, -0.2) is 4.68 Å². The third-order valence-electron chi connectivity index (χ3n) is 2.81. The summed E-state index contributed by atoms with van der Waals surface area (Å²) >= 11 is 2.30. The highest BCUT2D eigenvalue weighted by Gasteiger charge is 2.19. The van der Waals surface area contributed by atoms with Crippen LogP contribution in [0.5, 0.6) is 0 Å². The van der Waals surface area contributed by atoms with Gasteiger partial charge in [-0.1, -0.05) is 24.5 Å². The molecule has 1 aromatic heterocycles. The topological polar surface area (TPSA) is 56.7 Å². The van der Waals surface area contributed by atoms with Gasteiger partial charge in [-0.05, 0) is 35.4 Å². The van der Waals surface area contributed by atoms with Crippen LogP contribution in [0.3, 0.4) is 0 Å². The fraction of sp³-hybridized carbons (Fsp3) is 0.778. The molecule has 4 nitrogen and oxygen atoms in total. The van der Waals surface area contributed by atoms with E-state index in [-0.39, 0.29) is 0 Å². The first-order chi connectivity index (χ1) is 6.83. The zero-order chi connectivity index (χ0) is 9.97. The SMILES string of the molecule is NCc1nnn(C2CCCCC2)c1I. The van der Waals surface area contributed by atoms with Crippen molar-refractivity contribution in [3.05, 3.63) is 9.39 Å². The maximum Gasteiger partial charge on any atom is 0.124 e. The van der Waals surface area contributed by atoms with E-state index in [1.165, 1.54) is 32.1 Å². The third kappa shape index (κ3) is 1.93. The summed E-state index contributed by atoms with van der Waals surface area (Å²) in [5.74, 6) is 0. The second-order valence-corrected chi connectivity index (χ2v) is 4.79. The first kappa shape index (κ1) is 10.4. The van der Waals surface area contributed by atoms with Gasteiger partial charge in [0.25, 0.3) is 0 Å². The molecule has 0 bridgehead atoms. The van der Waals surface area contributed by atoms with Crippen LogP contribution < -0.4 is 5.73 Å². The van der Waals surface area contributed by atoms with Crippen LogP contribution in [-0.2, 0) is 6.54 Å². The van der Waals surface area contributed by atoms with Crippen molar-refractivity contribution in [1.29, 1.82) is 0 Å². The first-order valence-corrected chi connectivity index (χ1v) is 6.20. The predicted molar refractivity (Wildman–Crippen MR) is 62.8 cm³/mol. The van der Waals surface area contributed by atoms with E-state index in [1.54, 1.807) is 0 Å². The number of hydrogen-bond donors (Lipinski definition) is 1. The minimum absolute atomic E-state index is 0.491. The summed E-state index contributed by atoms with van der Waals surface area (Å²) in [5.41, 5.74) is 6.50. The summed E-state index contributed by atoms with van der Waals surface area (Å²) in [7, 11) is 0. The van der Waals surface area contributed by atoms with E-state index in [1.807, 2.05) is 0 Å². The van der Waals surface area contributed by atoms with Crippen LogP contribution in [0.15, 0.2) is 0 Å². The van der Waals surface area contributed by atoms with Gasteiger partial charge in [0.2, 0.25) is 0 Å². The summed E-state index contributed by atoms with van der Waals surface area (Å²) in [6.07, 6.45) is 6.48. The van der Waals surface area contributed by atoms with Crippen LogP contribution in [0.25, 0.3) is 0 Å². The van der Waals surface area contributed by atoms with Gasteiger partial charge in [0.1, 0.15) is 9.39 Å². The molecule has 0 atom stereocenters. The van der Waals surface area contributed by atoms with E-state index >= 15 is 0 Å². The Bertz CT molecular complexity index is 304. The molecular formula is C9H15IN4. The van der Waals surface area contributed by atoms with Crippen LogP contribution in [-0.4, -0.2) is 15.0 Å². The quantitative estimate of drug-likeness (QED) is 0.848. The average molecular weight is 306 g/mol. The Balaban J connectivity index is 2.18. The molecule has 78 valence electrons. The molecule has 0 aliphatic heterocycles. The molecule has 0 radical (unpaired) electrons. The molecule has 0 amide bonds. The number of nitrogens with zero attached hydrogens (tertiary/aromatic N) is 3. The highest BCUT2D eigenvalue weighted by molar-refractivity contribution is 14.1. The van der Waals surface area contributed by atoms with Crippen molar-refractivity contribution < 1.29 is 0 Å². The van der Waals surface area contributed by atoms with Crippen molar-refractivity contribution in [3.8, 4) is 0 Å². The molecule has 0 aromatic carbocycles. The monoisotopic (exact) mass is 306 g/mol. The van der Waals surface area contributed by atoms with Crippen molar-refractivity contribution in [3.63, 3.8) is 0 Å². The fourth-order valence-corrected chi connectivity index (χ4v) is 2.82. The zero-order valence-electron chi connectivity index (χ0n) is 8.12. The molecule has 2 N–H and O–H groups in total. The first-order valence-electron chi connectivity index (χ1n) is 5.12. The second-order valence-electron chi connectivity index (χ2n) is 3.77. The predicted octanol–water partition coefficient (Wildman–Crippen LogP) is 1.85. The van der Waals surface area contributed by atoms with Gasteiger partial charge >= 0.3 is 0 Å². The van der Waals surface area contributed by atoms with E-state index in [4.69, 9.17) is 5.73 Å². The maximum atomic E-state index is 5.57. The maximum absolute atomic E-state index is 5.57. The van der Waals surface area contributed by atoms with Crippen molar-refractivity contribution in [2.24, 2.45) is 5.73 Å². The van der Waals surface area contributed by atoms with Gasteiger partial charge in [-0.2, -0.15) is 0 Å². The molecule has 1 aliphatic rings. The molecule has 0 unspecified atom stereocenters. The Morgan fingerprint density at radius 1 is 1.36 bits per heavy atom. The van der Waals surface area contributed by atoms with Gasteiger partial charge in [0.05, 0.1) is 6.04 Å². The van der Waals surface area contributed by atoms with Crippen molar-refractivity contribution >= 4 is 22.6 Å². The van der Waals surface area contributed by atoms with E-state index in [0.29, 0.717) is 12.6 Å². The van der Waals surface area contributed by atoms with E-state index in [0.717, 1.165) is 9.39 Å². The standard InChI is InChI=1S/C9H15IN4/c10-9-8(6-11)12-13-14(9)7-4-2-1-3-5-7/h7H,1-6,11H2. The van der Waals surface area contributed by atoms with Gasteiger partial charge in [0, 0.05) is 6.54 Å². The highest BCUT2D eigenvalue weighted by Crippen LogP contribution is 2.29. The van der Waals surface area contributed by atoms with E-state index < -0.39 is 0 Å². The van der Waals surface area contributed by atoms with Gasteiger partial charge in [-0.15, -0.1) is 5.10 Å². The Morgan fingerprint density at radius 2 is 2.07 bits per heavy atom. The highest BCUT2D eigenvalue weighted by atomic mass is 127. The molecule has 14 heavy (non-hydrogen) atoms. The van der Waals surface area contributed by atoms with Crippen molar-refractivity contribution in [2.75, 3.05) is 0 Å². The summed E-state index contributed by atoms with van der Waals surface area (Å²) < 4.78 is 3.18. The Hall–Kier alpha value is -0.170. The van der Waals surface area contributed by atoms with Gasteiger partial charge in [0.15, 0.2) is 0 Å². The van der Waals surface area contributed by atoms with Crippen LogP contribution >= 0.6 is 22.6 Å². The number of aromatic nitrogens is 3. The van der Waals surface area contributed by atoms with Gasteiger partial charge < -0.3 is 5.73 Å².